The van der Waals surface area contributed by atoms with Crippen LogP contribution in [0.3, 0.4) is 0 Å². The molecule has 1 aromatic rings. The quantitative estimate of drug-likeness (QED) is 0.852. The van der Waals surface area contributed by atoms with Gasteiger partial charge in [-0.2, -0.15) is 5.10 Å². The summed E-state index contributed by atoms with van der Waals surface area (Å²) in [4.78, 5) is 27.2. The molecule has 1 N–H and O–H groups in total. The summed E-state index contributed by atoms with van der Waals surface area (Å²) in [5, 5.41) is 6.90. The first-order valence-electron chi connectivity index (χ1n) is 6.24. The average Bonchev–Trinajstić information content (AvgIpc) is 2.77. The third kappa shape index (κ3) is 2.78. The number of morpholine rings is 1. The number of hydrogen-bond acceptors (Lipinski definition) is 4. The number of H-pyrrole nitrogens is 1. The SMILES string of the molecule is Cc1[nH]nc(C(=O)N2CCO[C@@H](C(=O)N(C)C)C2)c1Cl. The number of hydrogen-bond donors (Lipinski definition) is 1. The van der Waals surface area contributed by atoms with Crippen LogP contribution in [0, 0.1) is 6.92 Å². The van der Waals surface area contributed by atoms with Crippen LogP contribution >= 0.6 is 11.6 Å². The second-order valence-electron chi connectivity index (χ2n) is 4.85. The van der Waals surface area contributed by atoms with Gasteiger partial charge in [0.2, 0.25) is 0 Å². The van der Waals surface area contributed by atoms with Gasteiger partial charge in [-0.1, -0.05) is 11.6 Å². The summed E-state index contributed by atoms with van der Waals surface area (Å²) in [6.45, 7) is 2.68. The van der Waals surface area contributed by atoms with E-state index in [1.54, 1.807) is 21.0 Å². The van der Waals surface area contributed by atoms with E-state index in [0.29, 0.717) is 23.9 Å². The standard InChI is InChI=1S/C12H17ClN4O3/c1-7-9(13)10(15-14-7)12(19)17-4-5-20-8(6-17)11(18)16(2)3/h8H,4-6H2,1-3H3,(H,14,15)/t8-/m1/s1. The Kier molecular flexibility index (Phi) is 4.29. The number of likely N-dealkylation sites (N-methyl/N-ethyl adjacent to an activating group) is 1. The van der Waals surface area contributed by atoms with Crippen molar-refractivity contribution in [1.82, 2.24) is 20.0 Å². The fourth-order valence-electron chi connectivity index (χ4n) is 1.98. The molecule has 110 valence electrons. The Balaban J connectivity index is 2.11. The highest BCUT2D eigenvalue weighted by Gasteiger charge is 2.32. The van der Waals surface area contributed by atoms with Gasteiger partial charge in [-0.05, 0) is 6.92 Å². The molecule has 1 fully saturated rings. The van der Waals surface area contributed by atoms with E-state index in [4.69, 9.17) is 16.3 Å². The normalized spacial score (nSPS) is 19.0. The largest absolute Gasteiger partial charge is 0.365 e. The van der Waals surface area contributed by atoms with Gasteiger partial charge in [0.15, 0.2) is 11.8 Å². The van der Waals surface area contributed by atoms with Crippen LogP contribution in [-0.2, 0) is 9.53 Å². The second-order valence-corrected chi connectivity index (χ2v) is 5.23. The van der Waals surface area contributed by atoms with E-state index in [1.807, 2.05) is 0 Å². The molecule has 2 amide bonds. The number of rotatable bonds is 2. The van der Waals surface area contributed by atoms with Crippen LogP contribution in [0.5, 0.6) is 0 Å². The molecule has 2 heterocycles. The number of aryl methyl sites for hydroxylation is 1. The van der Waals surface area contributed by atoms with E-state index in [-0.39, 0.29) is 24.1 Å². The Morgan fingerprint density at radius 3 is 2.75 bits per heavy atom. The van der Waals surface area contributed by atoms with Crippen LogP contribution in [-0.4, -0.2) is 71.7 Å². The summed E-state index contributed by atoms with van der Waals surface area (Å²) >= 11 is 6.02. The summed E-state index contributed by atoms with van der Waals surface area (Å²) in [7, 11) is 3.31. The first-order valence-corrected chi connectivity index (χ1v) is 6.62. The van der Waals surface area contributed by atoms with E-state index in [9.17, 15) is 9.59 Å². The number of carbonyl (C=O) groups is 2. The molecular weight excluding hydrogens is 284 g/mol. The lowest BCUT2D eigenvalue weighted by atomic mass is 10.2. The summed E-state index contributed by atoms with van der Waals surface area (Å²) < 4.78 is 5.41. The third-order valence-electron chi connectivity index (χ3n) is 3.15. The van der Waals surface area contributed by atoms with E-state index in [1.165, 1.54) is 9.80 Å². The van der Waals surface area contributed by atoms with Crippen molar-refractivity contribution in [1.29, 1.82) is 0 Å². The number of carbonyl (C=O) groups excluding carboxylic acids is 2. The lowest BCUT2D eigenvalue weighted by Crippen LogP contribution is -2.51. The predicted octanol–water partition coefficient (Wildman–Crippen LogP) is 0.301. The van der Waals surface area contributed by atoms with Crippen molar-refractivity contribution in [2.45, 2.75) is 13.0 Å². The van der Waals surface area contributed by atoms with E-state index < -0.39 is 6.10 Å². The number of aromatic amines is 1. The average molecular weight is 301 g/mol. The molecule has 0 aliphatic carbocycles. The van der Waals surface area contributed by atoms with E-state index >= 15 is 0 Å². The molecule has 2 rings (SSSR count). The minimum atomic E-state index is -0.637. The summed E-state index contributed by atoms with van der Waals surface area (Å²) in [5.41, 5.74) is 0.825. The first kappa shape index (κ1) is 14.8. The van der Waals surface area contributed by atoms with Crippen molar-refractivity contribution in [3.63, 3.8) is 0 Å². The molecule has 1 aromatic heterocycles. The number of nitrogens with zero attached hydrogens (tertiary/aromatic N) is 3. The third-order valence-corrected chi connectivity index (χ3v) is 3.61. The highest BCUT2D eigenvalue weighted by Crippen LogP contribution is 2.20. The molecule has 0 unspecified atom stereocenters. The number of amides is 2. The van der Waals surface area contributed by atoms with Crippen molar-refractivity contribution >= 4 is 23.4 Å². The van der Waals surface area contributed by atoms with E-state index in [2.05, 4.69) is 10.2 Å². The van der Waals surface area contributed by atoms with Crippen molar-refractivity contribution in [2.75, 3.05) is 33.8 Å². The highest BCUT2D eigenvalue weighted by atomic mass is 35.5. The van der Waals surface area contributed by atoms with Crippen LogP contribution in [0.4, 0.5) is 0 Å². The van der Waals surface area contributed by atoms with Crippen LogP contribution in [0.25, 0.3) is 0 Å². The van der Waals surface area contributed by atoms with Gasteiger partial charge in [0.25, 0.3) is 11.8 Å². The molecule has 0 bridgehead atoms. The Hall–Kier alpha value is -1.60. The number of halogens is 1. The molecule has 8 heteroatoms. The first-order chi connectivity index (χ1) is 9.41. The lowest BCUT2D eigenvalue weighted by molar-refractivity contribution is -0.145. The van der Waals surface area contributed by atoms with E-state index in [0.717, 1.165) is 0 Å². The molecule has 1 atom stereocenters. The Morgan fingerprint density at radius 1 is 1.50 bits per heavy atom. The van der Waals surface area contributed by atoms with Crippen LogP contribution < -0.4 is 0 Å². The van der Waals surface area contributed by atoms with Crippen molar-refractivity contribution in [2.24, 2.45) is 0 Å². The Bertz CT molecular complexity index is 529. The van der Waals surface area contributed by atoms with Crippen LogP contribution in [0.2, 0.25) is 5.02 Å². The van der Waals surface area contributed by atoms with Gasteiger partial charge in [0, 0.05) is 20.6 Å². The zero-order valence-corrected chi connectivity index (χ0v) is 12.4. The Morgan fingerprint density at radius 2 is 2.20 bits per heavy atom. The van der Waals surface area contributed by atoms with Gasteiger partial charge < -0.3 is 14.5 Å². The summed E-state index contributed by atoms with van der Waals surface area (Å²) in [5.74, 6) is -0.453. The van der Waals surface area contributed by atoms with Crippen molar-refractivity contribution in [3.8, 4) is 0 Å². The van der Waals surface area contributed by atoms with Crippen LogP contribution in [0.15, 0.2) is 0 Å². The van der Waals surface area contributed by atoms with Gasteiger partial charge in [-0.25, -0.2) is 0 Å². The minimum absolute atomic E-state index is 0.160. The topological polar surface area (TPSA) is 78.5 Å². The lowest BCUT2D eigenvalue weighted by Gasteiger charge is -2.32. The molecule has 20 heavy (non-hydrogen) atoms. The molecular formula is C12H17ClN4O3. The smallest absolute Gasteiger partial charge is 0.276 e. The zero-order valence-electron chi connectivity index (χ0n) is 11.6. The van der Waals surface area contributed by atoms with Gasteiger partial charge in [-0.15, -0.1) is 0 Å². The fraction of sp³-hybridized carbons (Fsp3) is 0.583. The van der Waals surface area contributed by atoms with Crippen LogP contribution in [0.1, 0.15) is 16.2 Å². The molecule has 1 aliphatic rings. The van der Waals surface area contributed by atoms with Crippen molar-refractivity contribution < 1.29 is 14.3 Å². The molecule has 0 radical (unpaired) electrons. The molecule has 1 aliphatic heterocycles. The maximum atomic E-state index is 12.4. The van der Waals surface area contributed by atoms with Gasteiger partial charge in [-0.3, -0.25) is 14.7 Å². The highest BCUT2D eigenvalue weighted by molar-refractivity contribution is 6.34. The molecule has 0 saturated carbocycles. The monoisotopic (exact) mass is 300 g/mol. The fourth-order valence-corrected chi connectivity index (χ4v) is 2.14. The molecule has 7 nitrogen and oxygen atoms in total. The summed E-state index contributed by atoms with van der Waals surface area (Å²) in [6.07, 6.45) is -0.637. The van der Waals surface area contributed by atoms with Gasteiger partial charge in [0.1, 0.15) is 0 Å². The zero-order chi connectivity index (χ0) is 14.9. The van der Waals surface area contributed by atoms with Crippen molar-refractivity contribution in [3.05, 3.63) is 16.4 Å². The molecule has 1 saturated heterocycles. The Labute approximate surface area is 121 Å². The maximum Gasteiger partial charge on any atom is 0.276 e. The molecule has 0 spiro atoms. The number of ether oxygens (including phenoxy) is 1. The number of aromatic nitrogens is 2. The summed E-state index contributed by atoms with van der Waals surface area (Å²) in [6, 6.07) is 0. The predicted molar refractivity (Wildman–Crippen MR) is 72.7 cm³/mol. The maximum absolute atomic E-state index is 12.4. The number of nitrogens with one attached hydrogen (secondary N) is 1. The van der Waals surface area contributed by atoms with Gasteiger partial charge in [0.05, 0.1) is 23.9 Å². The van der Waals surface area contributed by atoms with Gasteiger partial charge >= 0.3 is 0 Å². The molecule has 0 aromatic carbocycles. The minimum Gasteiger partial charge on any atom is -0.365 e. The second kappa shape index (κ2) is 5.80.